The van der Waals surface area contributed by atoms with E-state index in [2.05, 4.69) is 5.32 Å². The van der Waals surface area contributed by atoms with Gasteiger partial charge in [-0.05, 0) is 41.7 Å². The van der Waals surface area contributed by atoms with Crippen molar-refractivity contribution in [1.29, 1.82) is 0 Å². The van der Waals surface area contributed by atoms with Gasteiger partial charge in [-0.15, -0.1) is 0 Å². The molecule has 8 heteroatoms. The monoisotopic (exact) mass is 429 g/mol. The van der Waals surface area contributed by atoms with E-state index in [4.69, 9.17) is 5.14 Å². The molecule has 1 aliphatic heterocycles. The molecule has 30 heavy (non-hydrogen) atoms. The Hall–Kier alpha value is -2.71. The number of nitrogens with zero attached hydrogens (tertiary/aromatic N) is 1. The van der Waals surface area contributed by atoms with E-state index in [-0.39, 0.29) is 22.6 Å². The van der Waals surface area contributed by atoms with Gasteiger partial charge in [-0.25, -0.2) is 13.6 Å². The zero-order valence-electron chi connectivity index (χ0n) is 17.4. The second-order valence-electron chi connectivity index (χ2n) is 8.12. The Bertz CT molecular complexity index is 1080. The van der Waals surface area contributed by atoms with Crippen LogP contribution in [0.4, 0.5) is 5.69 Å². The normalized spacial score (nSPS) is 16.3. The standard InChI is InChI=1S/C22H27N3O4S/c1-14(2)10-21(26)25-13-17-7-5-4-6-16(17)11-19(25)22(27)24-18-9-8-15(3)20(12-18)30(23,28)29/h4-9,12,14,19H,10-11,13H2,1-3H3,(H,24,27)(H2,23,28,29). The summed E-state index contributed by atoms with van der Waals surface area (Å²) in [6.07, 6.45) is 0.756. The molecule has 1 atom stereocenters. The average molecular weight is 430 g/mol. The van der Waals surface area contributed by atoms with Crippen LogP contribution in [0.15, 0.2) is 47.4 Å². The van der Waals surface area contributed by atoms with Crippen LogP contribution in [0.2, 0.25) is 0 Å². The van der Waals surface area contributed by atoms with Crippen LogP contribution in [0.25, 0.3) is 0 Å². The molecule has 1 unspecified atom stereocenters. The molecular formula is C22H27N3O4S. The van der Waals surface area contributed by atoms with Gasteiger partial charge >= 0.3 is 0 Å². The lowest BCUT2D eigenvalue weighted by atomic mass is 9.92. The van der Waals surface area contributed by atoms with Crippen molar-refractivity contribution in [2.75, 3.05) is 5.32 Å². The predicted molar refractivity (Wildman–Crippen MR) is 115 cm³/mol. The highest BCUT2D eigenvalue weighted by atomic mass is 32.2. The van der Waals surface area contributed by atoms with Crippen molar-refractivity contribution in [2.24, 2.45) is 11.1 Å². The lowest BCUT2D eigenvalue weighted by Crippen LogP contribution is -2.50. The number of fused-ring (bicyclic) bond motifs is 1. The van der Waals surface area contributed by atoms with E-state index in [0.29, 0.717) is 30.6 Å². The minimum Gasteiger partial charge on any atom is -0.326 e. The maximum Gasteiger partial charge on any atom is 0.247 e. The average Bonchev–Trinajstić information content (AvgIpc) is 2.67. The Kier molecular flexibility index (Phi) is 6.28. The summed E-state index contributed by atoms with van der Waals surface area (Å²) >= 11 is 0. The van der Waals surface area contributed by atoms with Gasteiger partial charge in [0.15, 0.2) is 0 Å². The van der Waals surface area contributed by atoms with E-state index >= 15 is 0 Å². The highest BCUT2D eigenvalue weighted by Gasteiger charge is 2.34. The van der Waals surface area contributed by atoms with Gasteiger partial charge in [-0.1, -0.05) is 44.2 Å². The van der Waals surface area contributed by atoms with Crippen LogP contribution in [0.1, 0.15) is 37.0 Å². The van der Waals surface area contributed by atoms with Gasteiger partial charge in [0.05, 0.1) is 4.90 Å². The number of carbonyl (C=O) groups is 2. The third-order valence-electron chi connectivity index (χ3n) is 5.22. The Morgan fingerprint density at radius 2 is 1.83 bits per heavy atom. The number of carbonyl (C=O) groups excluding carboxylic acids is 2. The Morgan fingerprint density at radius 3 is 2.47 bits per heavy atom. The molecule has 0 aromatic heterocycles. The highest BCUT2D eigenvalue weighted by molar-refractivity contribution is 7.89. The Balaban J connectivity index is 1.89. The van der Waals surface area contributed by atoms with Crippen LogP contribution < -0.4 is 10.5 Å². The number of anilines is 1. The number of hydrogen-bond donors (Lipinski definition) is 2. The molecule has 0 aliphatic carbocycles. The van der Waals surface area contributed by atoms with Gasteiger partial charge in [0.1, 0.15) is 6.04 Å². The fraction of sp³-hybridized carbons (Fsp3) is 0.364. The van der Waals surface area contributed by atoms with Crippen molar-refractivity contribution in [1.82, 2.24) is 4.90 Å². The molecule has 0 radical (unpaired) electrons. The predicted octanol–water partition coefficient (Wildman–Crippen LogP) is 2.58. The number of aryl methyl sites for hydroxylation is 1. The first-order valence-corrected chi connectivity index (χ1v) is 11.4. The van der Waals surface area contributed by atoms with Gasteiger partial charge in [-0.3, -0.25) is 9.59 Å². The third-order valence-corrected chi connectivity index (χ3v) is 6.27. The number of rotatable bonds is 5. The van der Waals surface area contributed by atoms with Crippen molar-refractivity contribution in [3.05, 3.63) is 59.2 Å². The summed E-state index contributed by atoms with van der Waals surface area (Å²) in [5, 5.41) is 8.04. The summed E-state index contributed by atoms with van der Waals surface area (Å²) in [6, 6.07) is 11.7. The molecule has 0 fully saturated rings. The molecule has 1 heterocycles. The first kappa shape index (κ1) is 22.0. The van der Waals surface area contributed by atoms with Crippen molar-refractivity contribution in [3.63, 3.8) is 0 Å². The van der Waals surface area contributed by atoms with E-state index in [1.54, 1.807) is 24.0 Å². The SMILES string of the molecule is Cc1ccc(NC(=O)C2Cc3ccccc3CN2C(=O)CC(C)C)cc1S(N)(=O)=O. The smallest absolute Gasteiger partial charge is 0.247 e. The van der Waals surface area contributed by atoms with Crippen LogP contribution in [-0.2, 0) is 32.6 Å². The molecule has 3 N–H and O–H groups in total. The van der Waals surface area contributed by atoms with Gasteiger partial charge in [0.25, 0.3) is 0 Å². The van der Waals surface area contributed by atoms with Gasteiger partial charge in [-0.2, -0.15) is 0 Å². The van der Waals surface area contributed by atoms with E-state index < -0.39 is 16.1 Å². The molecule has 2 aromatic carbocycles. The van der Waals surface area contributed by atoms with E-state index in [1.165, 1.54) is 6.07 Å². The molecule has 1 aliphatic rings. The zero-order chi connectivity index (χ0) is 22.1. The Morgan fingerprint density at radius 1 is 1.17 bits per heavy atom. The third kappa shape index (κ3) is 4.88. The summed E-state index contributed by atoms with van der Waals surface area (Å²) in [5.41, 5.74) is 2.88. The highest BCUT2D eigenvalue weighted by Crippen LogP contribution is 2.26. The minimum absolute atomic E-state index is 0.0398. The first-order chi connectivity index (χ1) is 14.1. The fourth-order valence-corrected chi connectivity index (χ4v) is 4.50. The first-order valence-electron chi connectivity index (χ1n) is 9.87. The number of nitrogens with one attached hydrogen (secondary N) is 1. The second kappa shape index (κ2) is 8.57. The molecule has 0 bridgehead atoms. The quantitative estimate of drug-likeness (QED) is 0.761. The van der Waals surface area contributed by atoms with E-state index in [0.717, 1.165) is 11.1 Å². The molecule has 7 nitrogen and oxygen atoms in total. The molecular weight excluding hydrogens is 402 g/mol. The second-order valence-corrected chi connectivity index (χ2v) is 9.65. The Labute approximate surface area is 177 Å². The number of primary sulfonamides is 1. The van der Waals surface area contributed by atoms with Crippen molar-refractivity contribution < 1.29 is 18.0 Å². The van der Waals surface area contributed by atoms with Crippen LogP contribution >= 0.6 is 0 Å². The lowest BCUT2D eigenvalue weighted by molar-refractivity contribution is -0.140. The maximum absolute atomic E-state index is 13.1. The van der Waals surface area contributed by atoms with Crippen molar-refractivity contribution >= 4 is 27.5 Å². The molecule has 160 valence electrons. The summed E-state index contributed by atoms with van der Waals surface area (Å²) < 4.78 is 23.6. The maximum atomic E-state index is 13.1. The summed E-state index contributed by atoms with van der Waals surface area (Å²) in [7, 11) is -3.91. The summed E-state index contributed by atoms with van der Waals surface area (Å²) in [6.45, 7) is 5.93. The summed E-state index contributed by atoms with van der Waals surface area (Å²) in [4.78, 5) is 27.6. The minimum atomic E-state index is -3.91. The molecule has 3 rings (SSSR count). The largest absolute Gasteiger partial charge is 0.326 e. The number of hydrogen-bond acceptors (Lipinski definition) is 4. The van der Waals surface area contributed by atoms with Gasteiger partial charge in [0, 0.05) is 25.1 Å². The number of sulfonamides is 1. The number of nitrogens with two attached hydrogens (primary N) is 1. The topological polar surface area (TPSA) is 110 Å². The van der Waals surface area contributed by atoms with Crippen molar-refractivity contribution in [2.45, 2.75) is 51.1 Å². The van der Waals surface area contributed by atoms with Crippen LogP contribution in [-0.4, -0.2) is 31.2 Å². The van der Waals surface area contributed by atoms with Crippen LogP contribution in [0.3, 0.4) is 0 Å². The van der Waals surface area contributed by atoms with Crippen LogP contribution in [0.5, 0.6) is 0 Å². The summed E-state index contributed by atoms with van der Waals surface area (Å²) in [5.74, 6) is -0.257. The van der Waals surface area contributed by atoms with E-state index in [9.17, 15) is 18.0 Å². The number of amides is 2. The fourth-order valence-electron chi connectivity index (χ4n) is 3.70. The van der Waals surface area contributed by atoms with Gasteiger partial charge < -0.3 is 10.2 Å². The molecule has 0 saturated carbocycles. The van der Waals surface area contributed by atoms with Crippen molar-refractivity contribution in [3.8, 4) is 0 Å². The van der Waals surface area contributed by atoms with Gasteiger partial charge in [0.2, 0.25) is 21.8 Å². The molecule has 2 amide bonds. The van der Waals surface area contributed by atoms with Crippen LogP contribution in [0, 0.1) is 12.8 Å². The zero-order valence-corrected chi connectivity index (χ0v) is 18.2. The van der Waals surface area contributed by atoms with E-state index in [1.807, 2.05) is 38.1 Å². The lowest BCUT2D eigenvalue weighted by Gasteiger charge is -2.36. The molecule has 0 saturated heterocycles. The molecule has 0 spiro atoms. The number of benzene rings is 2. The molecule has 2 aromatic rings.